The van der Waals surface area contributed by atoms with Gasteiger partial charge in [-0.3, -0.25) is 61.9 Å². The first-order valence-corrected chi connectivity index (χ1v) is 42.9. The minimum atomic E-state index is -4.32. The van der Waals surface area contributed by atoms with Crippen molar-refractivity contribution in [2.24, 2.45) is 56.9 Å². The molecule has 6 heterocycles. The molecule has 0 radical (unpaired) electrons. The summed E-state index contributed by atoms with van der Waals surface area (Å²) in [6.45, 7) is 6.58. The number of fused-ring (bicyclic) bond motifs is 6. The van der Waals surface area contributed by atoms with Gasteiger partial charge in [-0.05, 0) is 119 Å². The summed E-state index contributed by atoms with van der Waals surface area (Å²) in [5, 5.41) is 39.2. The van der Waals surface area contributed by atoms with Crippen LogP contribution < -0.4 is 20.5 Å². The Morgan fingerprint density at radius 1 is 0.545 bits per heavy atom. The number of benzene rings is 2. The topological polar surface area (TPSA) is 407 Å². The highest BCUT2D eigenvalue weighted by molar-refractivity contribution is 7.90. The number of hydrogen-bond donors (Lipinski definition) is 7. The van der Waals surface area contributed by atoms with Gasteiger partial charge in [0.05, 0.1) is 66.5 Å². The molecule has 8 N–H and O–H groups in total. The number of Topliss-reactive ketones (excluding diaryl/α,β-unsaturated/α-hetero) is 3. The molecule has 15 atom stereocenters. The number of anilines is 2. The number of carbonyl (C=O) groups excluding carboxylic acids is 9. The van der Waals surface area contributed by atoms with Crippen LogP contribution in [0.4, 0.5) is 15.8 Å². The lowest BCUT2D eigenvalue weighted by molar-refractivity contribution is -0.148. The molecular weight excluding hydrogens is 1530 g/mol. The van der Waals surface area contributed by atoms with Crippen molar-refractivity contribution in [3.63, 3.8) is 0 Å². The van der Waals surface area contributed by atoms with Crippen molar-refractivity contribution in [3.8, 4) is 0 Å². The van der Waals surface area contributed by atoms with Crippen molar-refractivity contribution in [2.45, 2.75) is 211 Å². The van der Waals surface area contributed by atoms with Gasteiger partial charge < -0.3 is 50.1 Å². The number of alkyl halides is 3. The number of ether oxygens (including phenoxy) is 2. The number of ketones is 3. The highest BCUT2D eigenvalue weighted by Crippen LogP contribution is 2.59. The summed E-state index contributed by atoms with van der Waals surface area (Å²) in [7, 11) is -5.94. The van der Waals surface area contributed by atoms with Crippen LogP contribution in [0.5, 0.6) is 0 Å². The normalized spacial score (nSPS) is 31.3. The van der Waals surface area contributed by atoms with Crippen LogP contribution in [0, 0.1) is 51.8 Å². The van der Waals surface area contributed by atoms with E-state index in [0.717, 1.165) is 96.3 Å². The van der Waals surface area contributed by atoms with Crippen molar-refractivity contribution < 1.29 is 100 Å². The van der Waals surface area contributed by atoms with Crippen LogP contribution >= 0.6 is 23.2 Å². The maximum Gasteiger partial charge on any atom is 0.310 e. The van der Waals surface area contributed by atoms with Crippen LogP contribution in [0.15, 0.2) is 97.1 Å². The van der Waals surface area contributed by atoms with Gasteiger partial charge >= 0.3 is 11.9 Å². The second-order valence-corrected chi connectivity index (χ2v) is 35.0. The minimum Gasteiger partial charge on any atom is -0.481 e. The summed E-state index contributed by atoms with van der Waals surface area (Å²) in [6, 6.07) is 15.0. The van der Waals surface area contributed by atoms with E-state index in [1.54, 1.807) is 84.7 Å². The number of nitrogens with one attached hydrogen (secondary N) is 3. The van der Waals surface area contributed by atoms with Crippen molar-refractivity contribution in [1.82, 2.24) is 19.4 Å². The van der Waals surface area contributed by atoms with E-state index in [9.17, 15) is 89.3 Å². The highest BCUT2D eigenvalue weighted by atomic mass is 35.5. The Kier molecular flexibility index (Phi) is 36.1. The maximum absolute atomic E-state index is 13.7. The number of carboxylic acid groups (broad SMARTS) is 2. The molecule has 6 aliphatic heterocycles. The molecular formula is C80H114Cl2FN7O20S2. The lowest BCUT2D eigenvalue weighted by Gasteiger charge is -2.27. The molecule has 0 aromatic heterocycles. The van der Waals surface area contributed by atoms with E-state index in [1.165, 1.54) is 4.90 Å². The molecule has 32 heteroatoms. The van der Waals surface area contributed by atoms with Gasteiger partial charge in [-0.1, -0.05) is 132 Å². The lowest BCUT2D eigenvalue weighted by Crippen LogP contribution is -2.46. The number of nitrogens with zero attached hydrogens (tertiary/aromatic N) is 3. The number of rotatable bonds is 12. The molecule has 2 aromatic carbocycles. The summed E-state index contributed by atoms with van der Waals surface area (Å²) < 4.78 is 75.2. The molecule has 2 aromatic rings. The van der Waals surface area contributed by atoms with Crippen LogP contribution in [-0.2, 0) is 82.3 Å². The summed E-state index contributed by atoms with van der Waals surface area (Å²) >= 11 is 9.53. The number of nitrogens with two attached hydrogens (primary N) is 1. The van der Waals surface area contributed by atoms with Crippen LogP contribution in [0.1, 0.15) is 176 Å². The van der Waals surface area contributed by atoms with E-state index in [4.69, 9.17) is 39.2 Å². The summed E-state index contributed by atoms with van der Waals surface area (Å²) in [4.78, 5) is 144. The van der Waals surface area contributed by atoms with Gasteiger partial charge in [0.1, 0.15) is 11.5 Å². The standard InChI is InChI=1S/C29H39N3O7S.C21H31NO5.C20H29NO5.C8H10N2O3S.CH2Cl2.CH3F/c1-20-11-7-4-3-5-8-12-21-16-29(21,17-25(33)24-15-23(39-2)18-32(24)27(20)35)28(36)31-40(37,38)19-26(34)30-22-13-9-6-10-14-22;1-14-8-6-4-3-5-7-9-15-11-21(15,20(25)26)12-18(23)17-10-16(27-2)13-22(17)19(14)24;1-13-7-5-3-2-4-6-8-14-10-20(14,19(25)26)11-17(23)16-9-15(22)12-21(16)18(13)24;9-14(12,13)6-8(11)10-7-4-2-1-3-5-7;2-1-3;1-2/h6,8-10,12-14,20-21,23-24H,3-5,7,11,15-19H2,1-2H3,(H,30,34)(H,31,36);7,9,14-17H,3-6,8,10-13H2,1-2H3,(H,25,26);6,8,13-16,22H,2-5,7,9-12H2,1H3,(H,25,26);1-5H,6H2,(H,10,11)(H2,9,12,13);1H2;1H3/b12-8-;9-7-;8-6-;;;/t20-,21+,23+,24-,29+;14-,15+,16+,17-,21+;13-,14+,15+,16-,20+;;;/m000.../s1/i;;;;;1D. The second kappa shape index (κ2) is 44.0. The molecule has 3 aliphatic carbocycles. The predicted molar refractivity (Wildman–Crippen MR) is 422 cm³/mol. The molecule has 0 bridgehead atoms. The fourth-order valence-corrected chi connectivity index (χ4v) is 17.2. The van der Waals surface area contributed by atoms with Gasteiger partial charge in [-0.25, -0.2) is 22.0 Å². The predicted octanol–water partition coefficient (Wildman–Crippen LogP) is 9.69. The van der Waals surface area contributed by atoms with Crippen LogP contribution in [0.3, 0.4) is 0 Å². The summed E-state index contributed by atoms with van der Waals surface area (Å²) in [6.07, 6.45) is 26.7. The van der Waals surface area contributed by atoms with Crippen molar-refractivity contribution in [2.75, 3.05) is 68.5 Å². The van der Waals surface area contributed by atoms with E-state index in [-0.39, 0.29) is 120 Å². The summed E-state index contributed by atoms with van der Waals surface area (Å²) in [5.41, 5.74) is -2.28. The number of hydrogen-bond acceptors (Lipinski definition) is 18. The van der Waals surface area contributed by atoms with Crippen LogP contribution in [-0.4, -0.2) is 206 Å². The number of allylic oxidation sites excluding steroid dienone is 6. The van der Waals surface area contributed by atoms with Crippen LogP contribution in [0.2, 0.25) is 0 Å². The second-order valence-electron chi connectivity index (χ2n) is 30.9. The Labute approximate surface area is 669 Å². The van der Waals surface area contributed by atoms with E-state index in [0.29, 0.717) is 56.6 Å². The first kappa shape index (κ1) is 91.9. The fraction of sp³-hybridized carbons (Fsp3) is 0.637. The van der Waals surface area contributed by atoms with Crippen molar-refractivity contribution in [3.05, 3.63) is 97.1 Å². The third kappa shape index (κ3) is 27.2. The number of aliphatic hydroxyl groups is 1. The Morgan fingerprint density at radius 2 is 0.875 bits per heavy atom. The number of primary sulfonamides is 1. The molecule has 27 nitrogen and oxygen atoms in total. The molecule has 112 heavy (non-hydrogen) atoms. The molecule has 6 fully saturated rings. The molecule has 6 amide bonds. The number of carboxylic acids is 2. The number of amides is 6. The Bertz CT molecular complexity index is 3920. The molecule has 0 spiro atoms. The zero-order valence-electron chi connectivity index (χ0n) is 65.7. The van der Waals surface area contributed by atoms with E-state index in [1.807, 2.05) is 51.2 Å². The highest BCUT2D eigenvalue weighted by Gasteiger charge is 2.63. The van der Waals surface area contributed by atoms with E-state index >= 15 is 0 Å². The molecule has 622 valence electrons. The summed E-state index contributed by atoms with van der Waals surface area (Å²) in [5.74, 6) is -7.55. The quantitative estimate of drug-likeness (QED) is 0.0767. The van der Waals surface area contributed by atoms with Gasteiger partial charge in [0.15, 0.2) is 17.3 Å². The smallest absolute Gasteiger partial charge is 0.310 e. The van der Waals surface area contributed by atoms with E-state index in [2.05, 4.69) is 21.4 Å². The van der Waals surface area contributed by atoms with Gasteiger partial charge in [0, 0.05) is 102 Å². The Balaban J connectivity index is 0.000000240. The first-order chi connectivity index (χ1) is 53.6. The fourth-order valence-electron chi connectivity index (χ4n) is 15.8. The first-order valence-electron chi connectivity index (χ1n) is 39.2. The molecule has 3 saturated carbocycles. The van der Waals surface area contributed by atoms with Crippen molar-refractivity contribution >= 4 is 119 Å². The largest absolute Gasteiger partial charge is 0.481 e. The van der Waals surface area contributed by atoms with Gasteiger partial charge in [0.2, 0.25) is 55.5 Å². The number of methoxy groups -OCH3 is 2. The van der Waals surface area contributed by atoms with Gasteiger partial charge in [-0.15, -0.1) is 23.2 Å². The number of aliphatic carboxylic acids is 2. The number of halogens is 3. The zero-order chi connectivity index (χ0) is 83.4. The lowest BCUT2D eigenvalue weighted by atomic mass is 9.91. The van der Waals surface area contributed by atoms with Crippen LogP contribution in [0.25, 0.3) is 0 Å². The Morgan fingerprint density at radius 3 is 1.23 bits per heavy atom. The molecule has 11 rings (SSSR count). The number of para-hydroxylation sites is 2. The monoisotopic (exact) mass is 1650 g/mol. The SMILES string of the molecule is CO[C@@H]1C[C@H]2C(=O)C[C@]3(C(=O)NS(=O)(=O)CC(=O)Nc4ccccc4)C[C@H]3/C=C\CCCCC[C@H](C)C(=O)N2C1.CO[C@@H]1C[C@H]2C(=O)C[C@]3(C(=O)O)C[C@H]3/C=C\CCCCC[C@H](C)C(=O)N2C1.C[C@H]1CCCCC/C=C\[C@@H]2C[C@@]2(C(=O)O)CC(=O)[C@@H]2C[C@@H](O)CN2C1=O.ClCCl.NS(=O)(=O)CC(=O)Nc1ccccc1.[2H]CF. The van der Waals surface area contributed by atoms with Crippen molar-refractivity contribution in [1.29, 1.82) is 0 Å². The van der Waals surface area contributed by atoms with Gasteiger partial charge in [0.25, 0.3) is 0 Å². The molecule has 0 unspecified atom stereocenters. The minimum absolute atomic E-state index is 0.00220. The molecule has 3 saturated heterocycles. The third-order valence-electron chi connectivity index (χ3n) is 22.5. The number of sulfonamides is 2. The third-order valence-corrected chi connectivity index (χ3v) is 24.3. The zero-order valence-corrected chi connectivity index (χ0v) is 67.9. The average molecular weight is 1650 g/mol. The average Bonchev–Trinajstić information content (AvgIpc) is 1.59. The number of aliphatic hydroxyl groups excluding tert-OH is 1. The maximum atomic E-state index is 13.7. The Hall–Kier alpha value is -7.32. The molecule has 9 aliphatic rings. The van der Waals surface area contributed by atoms with E-state index < -0.39 is 109 Å². The number of carbonyl (C=O) groups is 11. The van der Waals surface area contributed by atoms with Gasteiger partial charge in [-0.2, -0.15) is 0 Å².